The van der Waals surface area contributed by atoms with Crippen molar-refractivity contribution in [2.75, 3.05) is 6.54 Å². The zero-order valence-corrected chi connectivity index (χ0v) is 9.01. The summed E-state index contributed by atoms with van der Waals surface area (Å²) in [6.07, 6.45) is 0. The number of benzene rings is 1. The summed E-state index contributed by atoms with van der Waals surface area (Å²) in [5.41, 5.74) is 5.28. The molecule has 1 aromatic heterocycles. The van der Waals surface area contributed by atoms with Gasteiger partial charge in [-0.05, 0) is 12.1 Å². The molecule has 0 atom stereocenters. The highest BCUT2D eigenvalue weighted by atomic mass is 35.5. The Morgan fingerprint density at radius 1 is 1.31 bits per heavy atom. The topological polar surface area (TPSA) is 38.9 Å². The molecule has 16 heavy (non-hydrogen) atoms. The zero-order chi connectivity index (χ0) is 11.8. The Balaban J connectivity index is 2.67. The number of alkyl halides is 2. The number of nitrogens with zero attached hydrogens (tertiary/aromatic N) is 1. The van der Waals surface area contributed by atoms with Crippen molar-refractivity contribution < 1.29 is 8.78 Å². The van der Waals surface area contributed by atoms with Gasteiger partial charge in [0.1, 0.15) is 5.15 Å². The molecule has 0 aliphatic rings. The van der Waals surface area contributed by atoms with Crippen LogP contribution in [-0.4, -0.2) is 11.5 Å². The number of halogens is 3. The summed E-state index contributed by atoms with van der Waals surface area (Å²) in [5, 5.41) is 0.421. The third kappa shape index (κ3) is 1.86. The van der Waals surface area contributed by atoms with Gasteiger partial charge in [0.15, 0.2) is 0 Å². The van der Waals surface area contributed by atoms with Crippen LogP contribution in [0.25, 0.3) is 10.9 Å². The van der Waals surface area contributed by atoms with E-state index in [9.17, 15) is 8.78 Å². The zero-order valence-electron chi connectivity index (χ0n) is 8.25. The average Bonchev–Trinajstić information content (AvgIpc) is 2.28. The van der Waals surface area contributed by atoms with Gasteiger partial charge in [0.25, 0.3) is 5.92 Å². The van der Waals surface area contributed by atoms with E-state index in [1.807, 2.05) is 0 Å². The minimum atomic E-state index is -3.14. The van der Waals surface area contributed by atoms with Crippen molar-refractivity contribution in [1.29, 1.82) is 0 Å². The first kappa shape index (κ1) is 11.2. The molecule has 0 amide bonds. The van der Waals surface area contributed by atoms with Crippen LogP contribution in [0.4, 0.5) is 8.78 Å². The molecule has 1 heterocycles. The number of pyridine rings is 1. The van der Waals surface area contributed by atoms with Gasteiger partial charge in [-0.3, -0.25) is 0 Å². The van der Waals surface area contributed by atoms with E-state index in [-0.39, 0.29) is 10.7 Å². The normalized spacial score (nSPS) is 12.0. The molecule has 0 spiro atoms. The van der Waals surface area contributed by atoms with Crippen LogP contribution in [0.1, 0.15) is 5.56 Å². The van der Waals surface area contributed by atoms with Crippen molar-refractivity contribution in [2.24, 2.45) is 5.73 Å². The van der Waals surface area contributed by atoms with Crippen molar-refractivity contribution in [3.05, 3.63) is 41.0 Å². The van der Waals surface area contributed by atoms with Gasteiger partial charge < -0.3 is 5.73 Å². The average molecular weight is 243 g/mol. The molecule has 2 rings (SSSR count). The number of fused-ring (bicyclic) bond motifs is 1. The van der Waals surface area contributed by atoms with Gasteiger partial charge >= 0.3 is 0 Å². The smallest absolute Gasteiger partial charge is 0.288 e. The van der Waals surface area contributed by atoms with Gasteiger partial charge in [-0.25, -0.2) is 4.98 Å². The summed E-state index contributed by atoms with van der Waals surface area (Å²) in [4.78, 5) is 3.92. The van der Waals surface area contributed by atoms with Crippen LogP contribution in [0.5, 0.6) is 0 Å². The molecule has 0 bridgehead atoms. The van der Waals surface area contributed by atoms with Crippen molar-refractivity contribution >= 4 is 22.5 Å². The maximum Gasteiger partial charge on any atom is 0.288 e. The van der Waals surface area contributed by atoms with Gasteiger partial charge in [0, 0.05) is 5.39 Å². The number of nitrogens with two attached hydrogens (primary N) is 1. The second kappa shape index (κ2) is 3.96. The third-order valence-corrected chi connectivity index (χ3v) is 2.62. The molecule has 5 heteroatoms. The second-order valence-electron chi connectivity index (χ2n) is 3.43. The van der Waals surface area contributed by atoms with Gasteiger partial charge in [-0.1, -0.05) is 29.8 Å². The highest BCUT2D eigenvalue weighted by Gasteiger charge is 2.32. The summed E-state index contributed by atoms with van der Waals surface area (Å²) in [6, 6.07) is 8.27. The maximum absolute atomic E-state index is 13.4. The summed E-state index contributed by atoms with van der Waals surface area (Å²) in [5.74, 6) is -3.14. The second-order valence-corrected chi connectivity index (χ2v) is 3.79. The van der Waals surface area contributed by atoms with E-state index in [1.165, 1.54) is 6.07 Å². The number of hydrogen-bond donors (Lipinski definition) is 1. The quantitative estimate of drug-likeness (QED) is 0.823. The minimum Gasteiger partial charge on any atom is -0.325 e. The van der Waals surface area contributed by atoms with E-state index in [1.54, 1.807) is 24.3 Å². The van der Waals surface area contributed by atoms with E-state index >= 15 is 0 Å². The molecule has 1 aromatic carbocycles. The Morgan fingerprint density at radius 2 is 2.00 bits per heavy atom. The Bertz CT molecular complexity index is 528. The Labute approximate surface area is 96.0 Å². The molecule has 0 unspecified atom stereocenters. The summed E-state index contributed by atoms with van der Waals surface area (Å²) >= 11 is 5.72. The molecule has 2 aromatic rings. The molecule has 0 aliphatic carbocycles. The van der Waals surface area contributed by atoms with Gasteiger partial charge in [0.05, 0.1) is 17.6 Å². The van der Waals surface area contributed by atoms with Gasteiger partial charge in [0.2, 0.25) is 0 Å². The van der Waals surface area contributed by atoms with Gasteiger partial charge in [-0.2, -0.15) is 8.78 Å². The molecular formula is C11H9ClF2N2. The SMILES string of the molecule is NCC(F)(F)c1cc2ccccc2nc1Cl. The van der Waals surface area contributed by atoms with Crippen LogP contribution >= 0.6 is 11.6 Å². The first-order valence-electron chi connectivity index (χ1n) is 4.68. The van der Waals surface area contributed by atoms with Crippen LogP contribution < -0.4 is 5.73 Å². The van der Waals surface area contributed by atoms with Crippen molar-refractivity contribution in [3.8, 4) is 0 Å². The molecule has 84 valence electrons. The van der Waals surface area contributed by atoms with Crippen molar-refractivity contribution in [2.45, 2.75) is 5.92 Å². The predicted octanol–water partition coefficient (Wildman–Crippen LogP) is 2.94. The number of para-hydroxylation sites is 1. The fraction of sp³-hybridized carbons (Fsp3) is 0.182. The lowest BCUT2D eigenvalue weighted by molar-refractivity contribution is 0.00590. The maximum atomic E-state index is 13.4. The van der Waals surface area contributed by atoms with E-state index < -0.39 is 12.5 Å². The molecule has 0 fully saturated rings. The fourth-order valence-corrected chi connectivity index (χ4v) is 1.74. The Kier molecular flexibility index (Phi) is 2.78. The summed E-state index contributed by atoms with van der Waals surface area (Å²) < 4.78 is 26.8. The van der Waals surface area contributed by atoms with Crippen LogP contribution in [0.15, 0.2) is 30.3 Å². The number of aromatic nitrogens is 1. The number of rotatable bonds is 2. The van der Waals surface area contributed by atoms with Crippen molar-refractivity contribution in [3.63, 3.8) is 0 Å². The molecule has 0 radical (unpaired) electrons. The highest BCUT2D eigenvalue weighted by Crippen LogP contribution is 2.33. The lowest BCUT2D eigenvalue weighted by Crippen LogP contribution is -2.25. The molecular weight excluding hydrogens is 234 g/mol. The lowest BCUT2D eigenvalue weighted by atomic mass is 10.1. The first-order chi connectivity index (χ1) is 7.54. The standard InChI is InChI=1S/C11H9ClF2N2/c12-10-8(11(13,14)6-15)5-7-3-1-2-4-9(7)16-10/h1-5H,6,15H2. The molecule has 0 saturated heterocycles. The Hall–Kier alpha value is -1.26. The fourth-order valence-electron chi connectivity index (χ4n) is 1.46. The van der Waals surface area contributed by atoms with Crippen LogP contribution in [0, 0.1) is 0 Å². The van der Waals surface area contributed by atoms with Crippen LogP contribution in [-0.2, 0) is 5.92 Å². The molecule has 2 nitrogen and oxygen atoms in total. The highest BCUT2D eigenvalue weighted by molar-refractivity contribution is 6.30. The molecule has 2 N–H and O–H groups in total. The van der Waals surface area contributed by atoms with E-state index in [0.717, 1.165) is 0 Å². The first-order valence-corrected chi connectivity index (χ1v) is 5.06. The Morgan fingerprint density at radius 3 is 2.69 bits per heavy atom. The van der Waals surface area contributed by atoms with Crippen LogP contribution in [0.3, 0.4) is 0 Å². The largest absolute Gasteiger partial charge is 0.325 e. The summed E-state index contributed by atoms with van der Waals surface area (Å²) in [6.45, 7) is -0.785. The third-order valence-electron chi connectivity index (χ3n) is 2.33. The van der Waals surface area contributed by atoms with E-state index in [4.69, 9.17) is 17.3 Å². The minimum absolute atomic E-state index is 0.200. The van der Waals surface area contributed by atoms with Crippen molar-refractivity contribution in [1.82, 2.24) is 4.98 Å². The number of hydrogen-bond acceptors (Lipinski definition) is 2. The molecule has 0 saturated carbocycles. The predicted molar refractivity (Wildman–Crippen MR) is 59.7 cm³/mol. The van der Waals surface area contributed by atoms with Gasteiger partial charge in [-0.15, -0.1) is 0 Å². The monoisotopic (exact) mass is 242 g/mol. The van der Waals surface area contributed by atoms with E-state index in [0.29, 0.717) is 10.9 Å². The lowest BCUT2D eigenvalue weighted by Gasteiger charge is -2.15. The summed E-state index contributed by atoms with van der Waals surface area (Å²) in [7, 11) is 0. The van der Waals surface area contributed by atoms with E-state index in [2.05, 4.69) is 4.98 Å². The molecule has 0 aliphatic heterocycles. The van der Waals surface area contributed by atoms with Crippen LogP contribution in [0.2, 0.25) is 5.15 Å².